The van der Waals surface area contributed by atoms with Gasteiger partial charge < -0.3 is 19.4 Å². The van der Waals surface area contributed by atoms with Crippen molar-refractivity contribution in [3.05, 3.63) is 78.2 Å². The number of rotatable bonds is 7. The van der Waals surface area contributed by atoms with E-state index in [1.54, 1.807) is 24.3 Å². The first-order valence-corrected chi connectivity index (χ1v) is 11.3. The maximum Gasteiger partial charge on any atom is 0.416 e. The number of nitrogens with zero attached hydrogens (tertiary/aromatic N) is 3. The summed E-state index contributed by atoms with van der Waals surface area (Å²) in [5, 5.41) is 3.52. The highest BCUT2D eigenvalue weighted by molar-refractivity contribution is 5.92. The largest absolute Gasteiger partial charge is 0.438 e. The molecule has 1 fully saturated rings. The summed E-state index contributed by atoms with van der Waals surface area (Å²) >= 11 is 0. The first kappa shape index (κ1) is 23.8. The predicted octanol–water partition coefficient (Wildman–Crippen LogP) is 5.46. The third-order valence-corrected chi connectivity index (χ3v) is 5.97. The number of benzene rings is 2. The third-order valence-electron chi connectivity index (χ3n) is 5.97. The third kappa shape index (κ3) is 5.18. The van der Waals surface area contributed by atoms with Crippen LogP contribution in [0.2, 0.25) is 0 Å². The maximum atomic E-state index is 12.7. The smallest absolute Gasteiger partial charge is 0.416 e. The van der Waals surface area contributed by atoms with Gasteiger partial charge in [0.25, 0.3) is 0 Å². The minimum absolute atomic E-state index is 0.0442. The van der Waals surface area contributed by atoms with E-state index < -0.39 is 11.7 Å². The van der Waals surface area contributed by atoms with Crippen LogP contribution in [0.4, 0.5) is 18.9 Å². The van der Waals surface area contributed by atoms with Crippen molar-refractivity contribution in [2.24, 2.45) is 5.41 Å². The van der Waals surface area contributed by atoms with E-state index in [9.17, 15) is 18.0 Å². The molecule has 0 aliphatic carbocycles. The van der Waals surface area contributed by atoms with E-state index in [0.717, 1.165) is 29.7 Å². The first-order valence-electron chi connectivity index (χ1n) is 11.3. The molecule has 5 rings (SSSR count). The van der Waals surface area contributed by atoms with Crippen LogP contribution in [-0.2, 0) is 28.7 Å². The van der Waals surface area contributed by atoms with Crippen molar-refractivity contribution in [1.29, 1.82) is 0 Å². The second-order valence-corrected chi connectivity index (χ2v) is 9.21. The molecule has 0 radical (unpaired) electrons. The number of ether oxygens (including phenoxy) is 2. The Morgan fingerprint density at radius 2 is 1.81 bits per heavy atom. The van der Waals surface area contributed by atoms with Gasteiger partial charge in [-0.2, -0.15) is 13.2 Å². The Hall–Kier alpha value is -3.92. The Balaban J connectivity index is 1.21. The molecule has 0 unspecified atom stereocenters. The number of fused-ring (bicyclic) bond motifs is 1. The SMILES string of the molecule is CC1(Cn2ccc3c(Oc4ccc(NC(=O)Cc5ccc(C(F)(F)F)cc5)cc4)ncnc32)COC1. The molecule has 186 valence electrons. The Morgan fingerprint density at radius 3 is 2.44 bits per heavy atom. The Kier molecular flexibility index (Phi) is 6.13. The molecule has 0 saturated carbocycles. The zero-order valence-corrected chi connectivity index (χ0v) is 19.4. The lowest BCUT2D eigenvalue weighted by Gasteiger charge is -2.38. The highest BCUT2D eigenvalue weighted by Gasteiger charge is 2.34. The highest BCUT2D eigenvalue weighted by Crippen LogP contribution is 2.33. The summed E-state index contributed by atoms with van der Waals surface area (Å²) in [6.07, 6.45) is -1.03. The molecule has 0 atom stereocenters. The van der Waals surface area contributed by atoms with Gasteiger partial charge in [0.15, 0.2) is 0 Å². The Bertz CT molecular complexity index is 1380. The lowest BCUT2D eigenvalue weighted by atomic mass is 9.89. The van der Waals surface area contributed by atoms with E-state index in [0.29, 0.717) is 36.1 Å². The van der Waals surface area contributed by atoms with Gasteiger partial charge in [0.05, 0.1) is 30.6 Å². The van der Waals surface area contributed by atoms with Gasteiger partial charge in [-0.1, -0.05) is 19.1 Å². The predicted molar refractivity (Wildman–Crippen MR) is 127 cm³/mol. The van der Waals surface area contributed by atoms with Crippen molar-refractivity contribution in [3.63, 3.8) is 0 Å². The molecule has 1 saturated heterocycles. The molecule has 36 heavy (non-hydrogen) atoms. The van der Waals surface area contributed by atoms with Crippen molar-refractivity contribution in [1.82, 2.24) is 14.5 Å². The summed E-state index contributed by atoms with van der Waals surface area (Å²) in [7, 11) is 0. The molecule has 0 spiro atoms. The van der Waals surface area contributed by atoms with Gasteiger partial charge >= 0.3 is 6.18 Å². The molecular weight excluding hydrogens is 473 g/mol. The van der Waals surface area contributed by atoms with Crippen LogP contribution in [0.1, 0.15) is 18.1 Å². The zero-order chi connectivity index (χ0) is 25.3. The van der Waals surface area contributed by atoms with Crippen molar-refractivity contribution in [2.75, 3.05) is 18.5 Å². The number of amides is 1. The average molecular weight is 496 g/mol. The lowest BCUT2D eigenvalue weighted by molar-refractivity contribution is -0.137. The van der Waals surface area contributed by atoms with Crippen molar-refractivity contribution in [2.45, 2.75) is 26.1 Å². The van der Waals surface area contributed by atoms with Gasteiger partial charge in [0, 0.05) is 23.8 Å². The minimum atomic E-state index is -4.41. The fraction of sp³-hybridized carbons (Fsp3) is 0.269. The molecule has 10 heteroatoms. The van der Waals surface area contributed by atoms with E-state index in [2.05, 4.69) is 26.8 Å². The topological polar surface area (TPSA) is 78.3 Å². The molecule has 0 bridgehead atoms. The molecule has 1 aliphatic rings. The summed E-state index contributed by atoms with van der Waals surface area (Å²) in [4.78, 5) is 21.0. The fourth-order valence-electron chi connectivity index (χ4n) is 4.06. The summed E-state index contributed by atoms with van der Waals surface area (Å²) in [6, 6.07) is 13.2. The molecule has 3 heterocycles. The average Bonchev–Trinajstić information content (AvgIpc) is 3.22. The number of alkyl halides is 3. The molecule has 2 aromatic carbocycles. The Labute approximate surface area is 204 Å². The number of halogens is 3. The number of nitrogens with one attached hydrogen (secondary N) is 1. The second kappa shape index (κ2) is 9.27. The van der Waals surface area contributed by atoms with Gasteiger partial charge in [0.1, 0.15) is 17.7 Å². The standard InChI is InChI=1S/C26H23F3N4O3/c1-25(14-35-15-25)13-33-11-10-21-23(33)30-16-31-24(21)36-20-8-6-19(7-9-20)32-22(34)12-17-2-4-18(5-3-17)26(27,28)29/h2-11,16H,12-15H2,1H3,(H,32,34). The molecule has 2 aromatic heterocycles. The van der Waals surface area contributed by atoms with Gasteiger partial charge in [-0.25, -0.2) is 9.97 Å². The number of carbonyl (C=O) groups excluding carboxylic acids is 1. The summed E-state index contributed by atoms with van der Waals surface area (Å²) in [6.45, 7) is 4.39. The van der Waals surface area contributed by atoms with Crippen molar-refractivity contribution in [3.8, 4) is 11.6 Å². The van der Waals surface area contributed by atoms with E-state index in [1.165, 1.54) is 18.5 Å². The summed E-state index contributed by atoms with van der Waals surface area (Å²) in [5.41, 5.74) is 1.14. The molecule has 1 amide bonds. The zero-order valence-electron chi connectivity index (χ0n) is 19.4. The maximum absolute atomic E-state index is 12.7. The summed E-state index contributed by atoms with van der Waals surface area (Å²) < 4.78 is 51.5. The lowest BCUT2D eigenvalue weighted by Crippen LogP contribution is -2.43. The van der Waals surface area contributed by atoms with Crippen LogP contribution in [0, 0.1) is 5.41 Å². The van der Waals surface area contributed by atoms with E-state index in [1.807, 2.05) is 12.3 Å². The van der Waals surface area contributed by atoms with Crippen LogP contribution >= 0.6 is 0 Å². The number of anilines is 1. The second-order valence-electron chi connectivity index (χ2n) is 9.21. The van der Waals surface area contributed by atoms with E-state index in [4.69, 9.17) is 9.47 Å². The first-order chi connectivity index (χ1) is 17.2. The van der Waals surface area contributed by atoms with Crippen molar-refractivity contribution < 1.29 is 27.4 Å². The van der Waals surface area contributed by atoms with E-state index >= 15 is 0 Å². The summed E-state index contributed by atoms with van der Waals surface area (Å²) in [5.74, 6) is 0.614. The molecular formula is C26H23F3N4O3. The van der Waals surface area contributed by atoms with Crippen LogP contribution in [0.25, 0.3) is 11.0 Å². The van der Waals surface area contributed by atoms with Gasteiger partial charge in [-0.15, -0.1) is 0 Å². The minimum Gasteiger partial charge on any atom is -0.438 e. The van der Waals surface area contributed by atoms with Gasteiger partial charge in [0.2, 0.25) is 11.8 Å². The number of carbonyl (C=O) groups is 1. The van der Waals surface area contributed by atoms with Crippen LogP contribution in [0.15, 0.2) is 67.1 Å². The quantitative estimate of drug-likeness (QED) is 0.368. The Morgan fingerprint density at radius 1 is 1.08 bits per heavy atom. The van der Waals surface area contributed by atoms with Crippen LogP contribution in [0.3, 0.4) is 0 Å². The van der Waals surface area contributed by atoms with Gasteiger partial charge in [-0.05, 0) is 48.0 Å². The molecule has 7 nitrogen and oxygen atoms in total. The fourth-order valence-corrected chi connectivity index (χ4v) is 4.06. The van der Waals surface area contributed by atoms with Crippen LogP contribution in [-0.4, -0.2) is 33.7 Å². The molecule has 4 aromatic rings. The number of hydrogen-bond donors (Lipinski definition) is 1. The monoisotopic (exact) mass is 496 g/mol. The molecule has 1 N–H and O–H groups in total. The highest BCUT2D eigenvalue weighted by atomic mass is 19.4. The van der Waals surface area contributed by atoms with Crippen LogP contribution in [0.5, 0.6) is 11.6 Å². The number of hydrogen-bond acceptors (Lipinski definition) is 5. The number of aromatic nitrogens is 3. The normalized spacial score (nSPS) is 14.9. The van der Waals surface area contributed by atoms with Gasteiger partial charge in [-0.3, -0.25) is 4.79 Å². The van der Waals surface area contributed by atoms with Crippen molar-refractivity contribution >= 4 is 22.6 Å². The van der Waals surface area contributed by atoms with Crippen LogP contribution < -0.4 is 10.1 Å². The molecule has 1 aliphatic heterocycles. The van der Waals surface area contributed by atoms with E-state index in [-0.39, 0.29) is 17.7 Å².